The number of aliphatic hydroxyl groups excluding tert-OH is 1. The van der Waals surface area contributed by atoms with E-state index < -0.39 is 23.8 Å². The van der Waals surface area contributed by atoms with Crippen LogP contribution >= 0.6 is 0 Å². The van der Waals surface area contributed by atoms with Crippen LogP contribution in [0, 0.1) is 11.6 Å². The highest BCUT2D eigenvalue weighted by Gasteiger charge is 2.31. The molecule has 3 atom stereocenters. The summed E-state index contributed by atoms with van der Waals surface area (Å²) in [4.78, 5) is 0. The molecule has 3 N–H and O–H groups in total. The lowest BCUT2D eigenvalue weighted by Gasteiger charge is -2.23. The van der Waals surface area contributed by atoms with Crippen LogP contribution in [0.1, 0.15) is 47.6 Å². The second-order valence-corrected chi connectivity index (χ2v) is 5.50. The average Bonchev–Trinajstić information content (AvgIpc) is 2.62. The van der Waals surface area contributed by atoms with E-state index in [2.05, 4.69) is 0 Å². The van der Waals surface area contributed by atoms with Crippen LogP contribution in [0.25, 0.3) is 0 Å². The lowest BCUT2D eigenvalue weighted by Crippen LogP contribution is -2.20. The van der Waals surface area contributed by atoms with Crippen molar-refractivity contribution in [3.8, 4) is 0 Å². The van der Waals surface area contributed by atoms with Crippen molar-refractivity contribution in [2.24, 2.45) is 5.73 Å². The maximum Gasteiger partial charge on any atom is 0.162 e. The largest absolute Gasteiger partial charge is 0.388 e. The normalized spacial score (nSPS) is 25.2. The van der Waals surface area contributed by atoms with E-state index in [4.69, 9.17) is 5.73 Å². The Morgan fingerprint density at radius 3 is 2.33 bits per heavy atom. The van der Waals surface area contributed by atoms with E-state index in [0.717, 1.165) is 17.2 Å². The van der Waals surface area contributed by atoms with Crippen LogP contribution in [0.3, 0.4) is 0 Å². The first-order valence-electron chi connectivity index (χ1n) is 7.06. The van der Waals surface area contributed by atoms with Gasteiger partial charge in [0.05, 0.1) is 6.10 Å². The van der Waals surface area contributed by atoms with Gasteiger partial charge in [-0.2, -0.15) is 0 Å². The molecule has 2 aromatic rings. The van der Waals surface area contributed by atoms with Crippen molar-refractivity contribution in [3.05, 3.63) is 70.8 Å². The van der Waals surface area contributed by atoms with Gasteiger partial charge in [-0.15, -0.1) is 0 Å². The highest BCUT2D eigenvalue weighted by Crippen LogP contribution is 2.42. The number of benzene rings is 2. The van der Waals surface area contributed by atoms with Gasteiger partial charge in [-0.25, -0.2) is 8.78 Å². The molecule has 0 saturated heterocycles. The number of aliphatic hydroxyl groups is 1. The average molecular weight is 289 g/mol. The molecule has 0 heterocycles. The fraction of sp³-hybridized carbons (Fsp3) is 0.294. The van der Waals surface area contributed by atoms with Crippen LogP contribution in [0.2, 0.25) is 0 Å². The molecule has 2 aromatic carbocycles. The van der Waals surface area contributed by atoms with Crippen LogP contribution in [-0.4, -0.2) is 5.11 Å². The molecule has 0 unspecified atom stereocenters. The summed E-state index contributed by atoms with van der Waals surface area (Å²) < 4.78 is 27.5. The van der Waals surface area contributed by atoms with Gasteiger partial charge in [-0.1, -0.05) is 36.4 Å². The zero-order valence-corrected chi connectivity index (χ0v) is 11.5. The molecule has 0 spiro atoms. The maximum atomic E-state index is 14.1. The van der Waals surface area contributed by atoms with Crippen molar-refractivity contribution in [2.45, 2.75) is 30.9 Å². The molecule has 110 valence electrons. The smallest absolute Gasteiger partial charge is 0.162 e. The van der Waals surface area contributed by atoms with E-state index in [-0.39, 0.29) is 11.5 Å². The van der Waals surface area contributed by atoms with E-state index in [9.17, 15) is 13.9 Å². The Labute approximate surface area is 122 Å². The molecule has 1 aliphatic rings. The summed E-state index contributed by atoms with van der Waals surface area (Å²) in [5, 5.41) is 10.2. The summed E-state index contributed by atoms with van der Waals surface area (Å²) in [5.74, 6) is -2.05. The standard InChI is InChI=1S/C17H17F2NO/c18-14-7-3-6-11(16(14)19)13-8-9-15(21)10-4-1-2-5-12(10)17(13)20/h1-7,13,15,17,21H,8-9,20H2/t13-,15+,17+/m0/s1. The molecule has 0 aromatic heterocycles. The molecule has 0 fully saturated rings. The third-order valence-corrected chi connectivity index (χ3v) is 4.28. The summed E-state index contributed by atoms with van der Waals surface area (Å²) in [5.41, 5.74) is 8.17. The predicted octanol–water partition coefficient (Wildman–Crippen LogP) is 3.58. The Balaban J connectivity index is 2.07. The van der Waals surface area contributed by atoms with Gasteiger partial charge in [-0.05, 0) is 35.6 Å². The second kappa shape index (κ2) is 5.54. The first kappa shape index (κ1) is 14.2. The highest BCUT2D eigenvalue weighted by atomic mass is 19.2. The fourth-order valence-corrected chi connectivity index (χ4v) is 3.16. The van der Waals surface area contributed by atoms with E-state index >= 15 is 0 Å². The molecule has 4 heteroatoms. The van der Waals surface area contributed by atoms with Crippen LogP contribution in [0.15, 0.2) is 42.5 Å². The molecule has 2 nitrogen and oxygen atoms in total. The van der Waals surface area contributed by atoms with Crippen LogP contribution in [0.5, 0.6) is 0 Å². The van der Waals surface area contributed by atoms with E-state index in [0.29, 0.717) is 12.8 Å². The summed E-state index contributed by atoms with van der Waals surface area (Å²) in [7, 11) is 0. The summed E-state index contributed by atoms with van der Waals surface area (Å²) in [6.07, 6.45) is 0.372. The van der Waals surface area contributed by atoms with E-state index in [1.165, 1.54) is 6.07 Å². The monoisotopic (exact) mass is 289 g/mol. The summed E-state index contributed by atoms with van der Waals surface area (Å²) in [6, 6.07) is 11.1. The molecule has 1 aliphatic carbocycles. The predicted molar refractivity (Wildman–Crippen MR) is 76.7 cm³/mol. The maximum absolute atomic E-state index is 14.1. The molecular formula is C17H17F2NO. The molecule has 0 saturated carbocycles. The first-order chi connectivity index (χ1) is 10.1. The number of hydrogen-bond donors (Lipinski definition) is 2. The molecule has 0 amide bonds. The van der Waals surface area contributed by atoms with Crippen LogP contribution < -0.4 is 5.73 Å². The zero-order valence-electron chi connectivity index (χ0n) is 11.5. The van der Waals surface area contributed by atoms with Crippen molar-refractivity contribution in [2.75, 3.05) is 0 Å². The zero-order chi connectivity index (χ0) is 15.0. The van der Waals surface area contributed by atoms with Gasteiger partial charge in [0, 0.05) is 12.0 Å². The lowest BCUT2D eigenvalue weighted by molar-refractivity contribution is 0.164. The molecule has 3 rings (SSSR count). The minimum absolute atomic E-state index is 0.284. The summed E-state index contributed by atoms with van der Waals surface area (Å²) in [6.45, 7) is 0. The van der Waals surface area contributed by atoms with Crippen LogP contribution in [-0.2, 0) is 0 Å². The molecule has 0 radical (unpaired) electrons. The minimum atomic E-state index is -0.863. The first-order valence-corrected chi connectivity index (χ1v) is 7.06. The molecule has 0 aliphatic heterocycles. The number of halogens is 2. The van der Waals surface area contributed by atoms with Gasteiger partial charge >= 0.3 is 0 Å². The third-order valence-electron chi connectivity index (χ3n) is 4.28. The van der Waals surface area contributed by atoms with E-state index in [1.54, 1.807) is 6.07 Å². The second-order valence-electron chi connectivity index (χ2n) is 5.50. The molecular weight excluding hydrogens is 272 g/mol. The number of rotatable bonds is 1. The van der Waals surface area contributed by atoms with Crippen molar-refractivity contribution in [1.82, 2.24) is 0 Å². The summed E-state index contributed by atoms with van der Waals surface area (Å²) >= 11 is 0. The Bertz CT molecular complexity index is 659. The minimum Gasteiger partial charge on any atom is -0.388 e. The van der Waals surface area contributed by atoms with Gasteiger partial charge in [-0.3, -0.25) is 0 Å². The van der Waals surface area contributed by atoms with Crippen molar-refractivity contribution < 1.29 is 13.9 Å². The van der Waals surface area contributed by atoms with Gasteiger partial charge in [0.15, 0.2) is 11.6 Å². The molecule has 0 bridgehead atoms. The molecule has 21 heavy (non-hydrogen) atoms. The SMILES string of the molecule is N[C@@H]1c2ccccc2[C@H](O)CC[C@H]1c1cccc(F)c1F. The Kier molecular flexibility index (Phi) is 3.74. The Morgan fingerprint density at radius 2 is 1.57 bits per heavy atom. The van der Waals surface area contributed by atoms with Crippen molar-refractivity contribution >= 4 is 0 Å². The van der Waals surface area contributed by atoms with Crippen molar-refractivity contribution in [1.29, 1.82) is 0 Å². The van der Waals surface area contributed by atoms with E-state index in [1.807, 2.05) is 24.3 Å². The third kappa shape index (κ3) is 2.45. The Hall–Kier alpha value is -1.78. The van der Waals surface area contributed by atoms with Gasteiger partial charge in [0.25, 0.3) is 0 Å². The quantitative estimate of drug-likeness (QED) is 0.788. The lowest BCUT2D eigenvalue weighted by atomic mass is 9.85. The number of hydrogen-bond acceptors (Lipinski definition) is 2. The van der Waals surface area contributed by atoms with Gasteiger partial charge in [0.2, 0.25) is 0 Å². The van der Waals surface area contributed by atoms with Crippen molar-refractivity contribution in [3.63, 3.8) is 0 Å². The van der Waals surface area contributed by atoms with Crippen LogP contribution in [0.4, 0.5) is 8.78 Å². The number of fused-ring (bicyclic) bond motifs is 1. The Morgan fingerprint density at radius 1 is 0.905 bits per heavy atom. The number of nitrogens with two attached hydrogens (primary N) is 1. The topological polar surface area (TPSA) is 46.2 Å². The van der Waals surface area contributed by atoms with Gasteiger partial charge in [0.1, 0.15) is 0 Å². The highest BCUT2D eigenvalue weighted by molar-refractivity contribution is 5.37. The fourth-order valence-electron chi connectivity index (χ4n) is 3.16. The van der Waals surface area contributed by atoms with Gasteiger partial charge < -0.3 is 10.8 Å².